The van der Waals surface area contributed by atoms with E-state index in [0.29, 0.717) is 6.61 Å². The van der Waals surface area contributed by atoms with Crippen molar-refractivity contribution in [1.29, 1.82) is 0 Å². The van der Waals surface area contributed by atoms with Crippen molar-refractivity contribution in [3.63, 3.8) is 0 Å². The Morgan fingerprint density at radius 1 is 1.75 bits per heavy atom. The van der Waals surface area contributed by atoms with Crippen molar-refractivity contribution < 1.29 is 9.53 Å². The molecule has 1 aliphatic heterocycles. The molecule has 1 saturated heterocycles. The van der Waals surface area contributed by atoms with Crippen LogP contribution >= 0.6 is 0 Å². The summed E-state index contributed by atoms with van der Waals surface area (Å²) in [4.78, 5) is 11.3. The van der Waals surface area contributed by atoms with Gasteiger partial charge in [0, 0.05) is 18.7 Å². The van der Waals surface area contributed by atoms with Crippen molar-refractivity contribution >= 4 is 5.97 Å². The number of cyclic esters (lactones) is 1. The molecule has 2 atom stereocenters. The Morgan fingerprint density at radius 3 is 3.12 bits per heavy atom. The first-order valence-electron chi connectivity index (χ1n) is 5.57. The first-order chi connectivity index (χ1) is 7.65. The van der Waals surface area contributed by atoms with Gasteiger partial charge in [-0.2, -0.15) is 5.10 Å². The van der Waals surface area contributed by atoms with Crippen molar-refractivity contribution in [2.45, 2.75) is 38.9 Å². The summed E-state index contributed by atoms with van der Waals surface area (Å²) >= 11 is 0. The van der Waals surface area contributed by atoms with Gasteiger partial charge in [-0.3, -0.25) is 14.8 Å². The average molecular weight is 223 g/mol. The summed E-state index contributed by atoms with van der Waals surface area (Å²) in [6.07, 6.45) is 4.59. The minimum absolute atomic E-state index is 0.136. The van der Waals surface area contributed by atoms with Crippen LogP contribution in [0.5, 0.6) is 0 Å². The van der Waals surface area contributed by atoms with Crippen molar-refractivity contribution in [1.82, 2.24) is 15.1 Å². The highest BCUT2D eigenvalue weighted by Gasteiger charge is 2.27. The topological polar surface area (TPSA) is 56.1 Å². The first kappa shape index (κ1) is 11.1. The summed E-state index contributed by atoms with van der Waals surface area (Å²) in [5.41, 5.74) is 1.15. The number of hydrogen-bond donors (Lipinski definition) is 1. The van der Waals surface area contributed by atoms with Gasteiger partial charge in [0.1, 0.15) is 6.04 Å². The van der Waals surface area contributed by atoms with Crippen LogP contribution < -0.4 is 5.32 Å². The van der Waals surface area contributed by atoms with E-state index in [2.05, 4.69) is 10.4 Å². The molecule has 2 heterocycles. The van der Waals surface area contributed by atoms with Gasteiger partial charge >= 0.3 is 5.97 Å². The molecule has 16 heavy (non-hydrogen) atoms. The zero-order valence-corrected chi connectivity index (χ0v) is 9.64. The maximum Gasteiger partial charge on any atom is 0.323 e. The van der Waals surface area contributed by atoms with Gasteiger partial charge < -0.3 is 4.74 Å². The van der Waals surface area contributed by atoms with Gasteiger partial charge in [0.05, 0.1) is 19.3 Å². The van der Waals surface area contributed by atoms with E-state index in [1.54, 1.807) is 0 Å². The summed E-state index contributed by atoms with van der Waals surface area (Å²) < 4.78 is 6.78. The van der Waals surface area contributed by atoms with E-state index in [9.17, 15) is 4.79 Å². The van der Waals surface area contributed by atoms with E-state index in [4.69, 9.17) is 4.74 Å². The lowest BCUT2D eigenvalue weighted by Crippen LogP contribution is -2.41. The number of nitrogens with zero attached hydrogens (tertiary/aromatic N) is 2. The Morgan fingerprint density at radius 2 is 2.56 bits per heavy atom. The molecule has 2 rings (SSSR count). The number of aryl methyl sites for hydroxylation is 1. The Labute approximate surface area is 94.8 Å². The number of rotatable bonds is 4. The van der Waals surface area contributed by atoms with Crippen molar-refractivity contribution in [2.75, 3.05) is 6.61 Å². The van der Waals surface area contributed by atoms with Crippen LogP contribution in [0.1, 0.15) is 18.9 Å². The van der Waals surface area contributed by atoms with Crippen LogP contribution in [0.15, 0.2) is 12.4 Å². The largest absolute Gasteiger partial charge is 0.464 e. The summed E-state index contributed by atoms with van der Waals surface area (Å²) in [6, 6.07) is 0.0570. The van der Waals surface area contributed by atoms with Gasteiger partial charge in [-0.25, -0.2) is 0 Å². The van der Waals surface area contributed by atoms with Gasteiger partial charge in [0.15, 0.2) is 0 Å². The molecule has 88 valence electrons. The molecule has 0 saturated carbocycles. The van der Waals surface area contributed by atoms with Crippen LogP contribution in [0, 0.1) is 6.92 Å². The maximum atomic E-state index is 11.3. The zero-order valence-electron chi connectivity index (χ0n) is 9.64. The molecule has 5 nitrogen and oxygen atoms in total. The van der Waals surface area contributed by atoms with Crippen molar-refractivity contribution in [3.8, 4) is 0 Å². The smallest absolute Gasteiger partial charge is 0.323 e. The highest BCUT2D eigenvalue weighted by molar-refractivity contribution is 5.77. The molecule has 5 heteroatoms. The molecule has 1 aliphatic rings. The zero-order chi connectivity index (χ0) is 11.5. The molecule has 0 amide bonds. The van der Waals surface area contributed by atoms with Crippen molar-refractivity contribution in [2.24, 2.45) is 0 Å². The Bertz CT molecular complexity index is 375. The number of ether oxygens (including phenoxy) is 1. The Hall–Kier alpha value is -1.36. The van der Waals surface area contributed by atoms with Crippen LogP contribution in [-0.2, 0) is 16.1 Å². The summed E-state index contributed by atoms with van der Waals surface area (Å²) in [5.74, 6) is -0.136. The van der Waals surface area contributed by atoms with E-state index in [0.717, 1.165) is 18.5 Å². The predicted octanol–water partition coefficient (Wildman–Crippen LogP) is 0.485. The summed E-state index contributed by atoms with van der Waals surface area (Å²) in [6.45, 7) is 5.35. The molecule has 1 fully saturated rings. The van der Waals surface area contributed by atoms with Gasteiger partial charge in [-0.05, 0) is 19.4 Å². The van der Waals surface area contributed by atoms with E-state index >= 15 is 0 Å². The van der Waals surface area contributed by atoms with Crippen LogP contribution in [0.25, 0.3) is 0 Å². The number of carbonyl (C=O) groups is 1. The van der Waals surface area contributed by atoms with E-state index in [1.807, 2.05) is 30.9 Å². The predicted molar refractivity (Wildman–Crippen MR) is 58.9 cm³/mol. The number of hydrogen-bond acceptors (Lipinski definition) is 4. The van der Waals surface area contributed by atoms with E-state index in [-0.39, 0.29) is 18.1 Å². The van der Waals surface area contributed by atoms with Crippen LogP contribution in [0.3, 0.4) is 0 Å². The molecule has 0 spiro atoms. The Kier molecular flexibility index (Phi) is 3.24. The van der Waals surface area contributed by atoms with Gasteiger partial charge in [-0.1, -0.05) is 0 Å². The fraction of sp³-hybridized carbons (Fsp3) is 0.636. The fourth-order valence-electron chi connectivity index (χ4n) is 1.89. The van der Waals surface area contributed by atoms with Gasteiger partial charge in [0.2, 0.25) is 0 Å². The molecule has 0 unspecified atom stereocenters. The van der Waals surface area contributed by atoms with E-state index < -0.39 is 0 Å². The molecular weight excluding hydrogens is 206 g/mol. The summed E-state index contributed by atoms with van der Waals surface area (Å²) in [5, 5.41) is 7.46. The van der Waals surface area contributed by atoms with Crippen LogP contribution in [0.2, 0.25) is 0 Å². The minimum Gasteiger partial charge on any atom is -0.464 e. The van der Waals surface area contributed by atoms with Crippen LogP contribution in [-0.4, -0.2) is 34.4 Å². The third-order valence-corrected chi connectivity index (χ3v) is 2.64. The fourth-order valence-corrected chi connectivity index (χ4v) is 1.89. The van der Waals surface area contributed by atoms with E-state index in [1.165, 1.54) is 0 Å². The lowest BCUT2D eigenvalue weighted by atomic mass is 10.2. The monoisotopic (exact) mass is 223 g/mol. The van der Waals surface area contributed by atoms with Crippen LogP contribution in [0.4, 0.5) is 0 Å². The third kappa shape index (κ3) is 2.61. The highest BCUT2D eigenvalue weighted by atomic mass is 16.5. The standard InChI is InChI=1S/C11H17N3O2/c1-8-5-12-14(6-8)7-9(2)13-10-3-4-16-11(10)15/h5-6,9-10,13H,3-4,7H2,1-2H3/t9-,10+/m0/s1. The molecule has 0 aromatic carbocycles. The molecule has 1 aromatic rings. The molecule has 0 aliphatic carbocycles. The third-order valence-electron chi connectivity index (χ3n) is 2.64. The normalized spacial score (nSPS) is 22.1. The molecule has 0 radical (unpaired) electrons. The molecule has 1 N–H and O–H groups in total. The molecular formula is C11H17N3O2. The summed E-state index contributed by atoms with van der Waals surface area (Å²) in [7, 11) is 0. The van der Waals surface area contributed by atoms with Crippen molar-refractivity contribution in [3.05, 3.63) is 18.0 Å². The number of esters is 1. The van der Waals surface area contributed by atoms with Gasteiger partial charge in [0.25, 0.3) is 0 Å². The quantitative estimate of drug-likeness (QED) is 0.755. The number of nitrogens with one attached hydrogen (secondary N) is 1. The van der Waals surface area contributed by atoms with Gasteiger partial charge in [-0.15, -0.1) is 0 Å². The number of carbonyl (C=O) groups excluding carboxylic acids is 1. The maximum absolute atomic E-state index is 11.3. The average Bonchev–Trinajstić information content (AvgIpc) is 2.77. The highest BCUT2D eigenvalue weighted by Crippen LogP contribution is 2.07. The number of aromatic nitrogens is 2. The molecule has 0 bridgehead atoms. The first-order valence-corrected chi connectivity index (χ1v) is 5.57. The lowest BCUT2D eigenvalue weighted by molar-refractivity contribution is -0.139. The second kappa shape index (κ2) is 4.65. The Balaban J connectivity index is 1.84. The second-order valence-electron chi connectivity index (χ2n) is 4.32. The minimum atomic E-state index is -0.147. The second-order valence-corrected chi connectivity index (χ2v) is 4.32. The molecule has 1 aromatic heterocycles. The SMILES string of the molecule is Cc1cnn(C[C@H](C)N[C@@H]2CCOC2=O)c1. The lowest BCUT2D eigenvalue weighted by Gasteiger charge is -2.16.